The van der Waals surface area contributed by atoms with Crippen LogP contribution in [0.1, 0.15) is 22.6 Å². The van der Waals surface area contributed by atoms with Crippen molar-refractivity contribution >= 4 is 16.9 Å². The molecule has 0 amide bonds. The van der Waals surface area contributed by atoms with Gasteiger partial charge in [0.15, 0.2) is 5.65 Å². The normalized spacial score (nSPS) is 14.4. The second-order valence-electron chi connectivity index (χ2n) is 9.41. The van der Waals surface area contributed by atoms with E-state index >= 15 is 0 Å². The number of aryl methyl sites for hydroxylation is 1. The van der Waals surface area contributed by atoms with Crippen LogP contribution < -0.4 is 4.90 Å². The first-order valence-corrected chi connectivity index (χ1v) is 12.6. The predicted octanol–water partition coefficient (Wildman–Crippen LogP) is 5.04. The first kappa shape index (κ1) is 22.4. The van der Waals surface area contributed by atoms with Gasteiger partial charge in [-0.25, -0.2) is 14.6 Å². The number of hydrogen-bond donors (Lipinski definition) is 0. The van der Waals surface area contributed by atoms with Crippen LogP contribution in [0.5, 0.6) is 0 Å². The molecule has 2 aromatic heterocycles. The molecule has 0 spiro atoms. The summed E-state index contributed by atoms with van der Waals surface area (Å²) in [6.07, 6.45) is 0.691. The molecule has 1 saturated heterocycles. The molecule has 1 fully saturated rings. The summed E-state index contributed by atoms with van der Waals surface area (Å²) in [5.74, 6) is 1.83. The molecule has 0 unspecified atom stereocenters. The molecule has 0 bridgehead atoms. The minimum Gasteiger partial charge on any atom is -0.353 e. The molecule has 0 N–H and O–H groups in total. The number of nitrogens with zero attached hydrogens (tertiary/aromatic N) is 6. The van der Waals surface area contributed by atoms with Gasteiger partial charge in [-0.15, -0.1) is 0 Å². The van der Waals surface area contributed by atoms with Crippen molar-refractivity contribution in [3.63, 3.8) is 0 Å². The average molecular weight is 475 g/mol. The summed E-state index contributed by atoms with van der Waals surface area (Å²) in [5, 5.41) is 5.96. The molecular weight excluding hydrogens is 444 g/mol. The van der Waals surface area contributed by atoms with Gasteiger partial charge in [-0.05, 0) is 30.2 Å². The third-order valence-corrected chi connectivity index (χ3v) is 6.86. The predicted molar refractivity (Wildman–Crippen MR) is 145 cm³/mol. The smallest absolute Gasteiger partial charge is 0.169 e. The zero-order valence-corrected chi connectivity index (χ0v) is 20.6. The first-order chi connectivity index (χ1) is 17.7. The Labute approximate surface area is 211 Å². The van der Waals surface area contributed by atoms with Crippen LogP contribution in [0.2, 0.25) is 0 Å². The van der Waals surface area contributed by atoms with Gasteiger partial charge in [0.25, 0.3) is 0 Å². The molecule has 36 heavy (non-hydrogen) atoms. The van der Waals surface area contributed by atoms with Crippen LogP contribution in [-0.2, 0) is 13.0 Å². The topological polar surface area (TPSA) is 50.1 Å². The summed E-state index contributed by atoms with van der Waals surface area (Å²) in [6, 6.07) is 31.4. The molecule has 180 valence electrons. The zero-order chi connectivity index (χ0) is 24.3. The van der Waals surface area contributed by atoms with E-state index in [4.69, 9.17) is 15.1 Å². The van der Waals surface area contributed by atoms with E-state index in [1.807, 2.05) is 28.9 Å². The monoisotopic (exact) mass is 474 g/mol. The molecule has 0 aliphatic carbocycles. The molecule has 6 nitrogen and oxygen atoms in total. The summed E-state index contributed by atoms with van der Waals surface area (Å²) in [7, 11) is 0. The Morgan fingerprint density at radius 3 is 1.97 bits per heavy atom. The minimum atomic E-state index is 0.691. The maximum absolute atomic E-state index is 5.14. The Bertz CT molecular complexity index is 1440. The summed E-state index contributed by atoms with van der Waals surface area (Å²) in [5.41, 5.74) is 5.42. The van der Waals surface area contributed by atoms with E-state index in [9.17, 15) is 0 Å². The second kappa shape index (κ2) is 9.91. The molecule has 1 aliphatic heterocycles. The summed E-state index contributed by atoms with van der Waals surface area (Å²) < 4.78 is 1.97. The second-order valence-corrected chi connectivity index (χ2v) is 9.41. The molecule has 6 heteroatoms. The highest BCUT2D eigenvalue weighted by atomic mass is 15.3. The van der Waals surface area contributed by atoms with Crippen LogP contribution in [0.25, 0.3) is 16.7 Å². The van der Waals surface area contributed by atoms with Gasteiger partial charge >= 0.3 is 0 Å². The Hall–Kier alpha value is -4.03. The van der Waals surface area contributed by atoms with Gasteiger partial charge in [0, 0.05) is 39.1 Å². The third-order valence-electron chi connectivity index (χ3n) is 6.86. The fraction of sp³-hybridized carbons (Fsp3) is 0.233. The number of para-hydroxylation sites is 1. The average Bonchev–Trinajstić information content (AvgIpc) is 3.26. The largest absolute Gasteiger partial charge is 0.353 e. The highest BCUT2D eigenvalue weighted by molar-refractivity contribution is 5.91. The highest BCUT2D eigenvalue weighted by Gasteiger charge is 2.24. The maximum atomic E-state index is 5.14. The van der Waals surface area contributed by atoms with Gasteiger partial charge in [-0.3, -0.25) is 4.90 Å². The lowest BCUT2D eigenvalue weighted by atomic mass is 10.1. The molecule has 0 atom stereocenters. The van der Waals surface area contributed by atoms with Crippen LogP contribution in [0.3, 0.4) is 0 Å². The van der Waals surface area contributed by atoms with Crippen molar-refractivity contribution in [2.75, 3.05) is 31.1 Å². The van der Waals surface area contributed by atoms with Crippen molar-refractivity contribution in [2.45, 2.75) is 19.9 Å². The molecule has 0 radical (unpaired) electrons. The van der Waals surface area contributed by atoms with E-state index in [1.165, 1.54) is 11.1 Å². The van der Waals surface area contributed by atoms with Gasteiger partial charge in [-0.2, -0.15) is 5.10 Å². The van der Waals surface area contributed by atoms with Gasteiger partial charge in [0.1, 0.15) is 11.6 Å². The van der Waals surface area contributed by atoms with Crippen LogP contribution in [-0.4, -0.2) is 50.8 Å². The maximum Gasteiger partial charge on any atom is 0.169 e. The number of aromatic nitrogens is 4. The molecule has 3 heterocycles. The van der Waals surface area contributed by atoms with E-state index in [2.05, 4.69) is 83.5 Å². The SMILES string of the molecule is Cc1nn(-c2ccccc2)c2nc(Cc3ccccc3)nc(N3CCN(Cc4ccccc4)CC3)c12. The van der Waals surface area contributed by atoms with Crippen LogP contribution >= 0.6 is 0 Å². The molecule has 5 aromatic rings. The van der Waals surface area contributed by atoms with E-state index in [0.717, 1.165) is 66.8 Å². The van der Waals surface area contributed by atoms with Crippen LogP contribution in [0.4, 0.5) is 5.82 Å². The van der Waals surface area contributed by atoms with Crippen molar-refractivity contribution in [2.24, 2.45) is 0 Å². The third kappa shape index (κ3) is 4.60. The number of benzene rings is 3. The highest BCUT2D eigenvalue weighted by Crippen LogP contribution is 2.30. The number of piperazine rings is 1. The van der Waals surface area contributed by atoms with E-state index < -0.39 is 0 Å². The van der Waals surface area contributed by atoms with Gasteiger partial charge in [0.05, 0.1) is 16.8 Å². The van der Waals surface area contributed by atoms with Crippen molar-refractivity contribution in [3.8, 4) is 5.69 Å². The van der Waals surface area contributed by atoms with Crippen molar-refractivity contribution in [1.29, 1.82) is 0 Å². The quantitative estimate of drug-likeness (QED) is 0.345. The summed E-state index contributed by atoms with van der Waals surface area (Å²) in [6.45, 7) is 6.91. The fourth-order valence-corrected chi connectivity index (χ4v) is 5.00. The number of anilines is 1. The standard InChI is InChI=1S/C30H30N6/c1-23-28-29(35-19-17-34(18-20-35)22-25-13-7-3-8-14-25)31-27(21-24-11-5-2-6-12-24)32-30(28)36(33-23)26-15-9-4-10-16-26/h2-16H,17-22H2,1H3. The summed E-state index contributed by atoms with van der Waals surface area (Å²) >= 11 is 0. The van der Waals surface area contributed by atoms with E-state index in [0.29, 0.717) is 6.42 Å². The lowest BCUT2D eigenvalue weighted by molar-refractivity contribution is 0.249. The Balaban J connectivity index is 1.36. The van der Waals surface area contributed by atoms with Crippen LogP contribution in [0, 0.1) is 6.92 Å². The number of fused-ring (bicyclic) bond motifs is 1. The molecule has 0 saturated carbocycles. The van der Waals surface area contributed by atoms with Crippen molar-refractivity contribution in [3.05, 3.63) is 114 Å². The van der Waals surface area contributed by atoms with Gasteiger partial charge in [0.2, 0.25) is 0 Å². The summed E-state index contributed by atoms with van der Waals surface area (Å²) in [4.78, 5) is 15.1. The lowest BCUT2D eigenvalue weighted by Crippen LogP contribution is -2.46. The van der Waals surface area contributed by atoms with Crippen LogP contribution in [0.15, 0.2) is 91.0 Å². The van der Waals surface area contributed by atoms with E-state index in [-0.39, 0.29) is 0 Å². The minimum absolute atomic E-state index is 0.691. The van der Waals surface area contributed by atoms with E-state index in [1.54, 1.807) is 0 Å². The molecule has 1 aliphatic rings. The Morgan fingerprint density at radius 1 is 0.694 bits per heavy atom. The first-order valence-electron chi connectivity index (χ1n) is 12.6. The molecule has 6 rings (SSSR count). The Kier molecular flexibility index (Phi) is 6.18. The zero-order valence-electron chi connectivity index (χ0n) is 20.6. The number of hydrogen-bond acceptors (Lipinski definition) is 5. The molecular formula is C30H30N6. The lowest BCUT2D eigenvalue weighted by Gasteiger charge is -2.35. The van der Waals surface area contributed by atoms with Crippen molar-refractivity contribution in [1.82, 2.24) is 24.6 Å². The molecule has 3 aromatic carbocycles. The fourth-order valence-electron chi connectivity index (χ4n) is 5.00. The van der Waals surface area contributed by atoms with Gasteiger partial charge < -0.3 is 4.90 Å². The Morgan fingerprint density at radius 2 is 1.31 bits per heavy atom. The van der Waals surface area contributed by atoms with Crippen molar-refractivity contribution < 1.29 is 0 Å². The number of rotatable bonds is 6. The van der Waals surface area contributed by atoms with Gasteiger partial charge in [-0.1, -0.05) is 78.9 Å².